The molecule has 1 aromatic carbocycles. The van der Waals surface area contributed by atoms with Crippen LogP contribution in [0.4, 0.5) is 10.8 Å². The van der Waals surface area contributed by atoms with Crippen LogP contribution in [0, 0.1) is 10.9 Å². The van der Waals surface area contributed by atoms with Crippen LogP contribution in [0.2, 0.25) is 0 Å². The number of hydrogen-bond acceptors (Lipinski definition) is 6. The number of aromatic nitrogens is 2. The number of nitrogens with zero attached hydrogens (tertiary/aromatic N) is 3. The highest BCUT2D eigenvalue weighted by molar-refractivity contribution is 7.73. The van der Waals surface area contributed by atoms with Gasteiger partial charge in [0.2, 0.25) is 5.13 Å². The van der Waals surface area contributed by atoms with E-state index < -0.39 is 0 Å². The molecule has 0 bridgehead atoms. The Morgan fingerprint density at radius 1 is 1.41 bits per heavy atom. The third-order valence-electron chi connectivity index (χ3n) is 3.77. The van der Waals surface area contributed by atoms with Gasteiger partial charge in [-0.2, -0.15) is 0 Å². The zero-order valence-electron chi connectivity index (χ0n) is 12.5. The van der Waals surface area contributed by atoms with Crippen LogP contribution >= 0.6 is 23.6 Å². The third-order valence-corrected chi connectivity index (χ3v) is 4.99. The van der Waals surface area contributed by atoms with Crippen LogP contribution in [-0.4, -0.2) is 39.0 Å². The van der Waals surface area contributed by atoms with E-state index in [2.05, 4.69) is 34.4 Å². The summed E-state index contributed by atoms with van der Waals surface area (Å²) in [6, 6.07) is 8.19. The standard InChI is InChI=1S/C15H20N4OS2/c1-11-3-2-4-12(9-11)16-14-17-19(15(21)22-14)10-18-7-5-13(20)6-8-18/h2-4,9,13,20H,5-8,10H2,1H3,(H,16,17). The maximum atomic E-state index is 9.56. The fraction of sp³-hybridized carbons (Fsp3) is 0.467. The number of aliphatic hydroxyl groups excluding tert-OH is 1. The minimum atomic E-state index is -0.154. The van der Waals surface area contributed by atoms with Crippen molar-refractivity contribution in [3.05, 3.63) is 33.8 Å². The van der Waals surface area contributed by atoms with Crippen LogP contribution in [0.5, 0.6) is 0 Å². The minimum Gasteiger partial charge on any atom is -0.393 e. The van der Waals surface area contributed by atoms with Gasteiger partial charge in [0.1, 0.15) is 0 Å². The first-order chi connectivity index (χ1) is 10.6. The van der Waals surface area contributed by atoms with Crippen molar-refractivity contribution >= 4 is 34.4 Å². The van der Waals surface area contributed by atoms with Crippen molar-refractivity contribution < 1.29 is 5.11 Å². The summed E-state index contributed by atoms with van der Waals surface area (Å²) < 4.78 is 2.62. The molecule has 2 N–H and O–H groups in total. The van der Waals surface area contributed by atoms with Gasteiger partial charge in [-0.1, -0.05) is 23.5 Å². The number of nitrogens with one attached hydrogen (secondary N) is 1. The maximum Gasteiger partial charge on any atom is 0.209 e. The summed E-state index contributed by atoms with van der Waals surface area (Å²) in [5.74, 6) is 0. The third kappa shape index (κ3) is 3.92. The molecule has 22 heavy (non-hydrogen) atoms. The van der Waals surface area contributed by atoms with Gasteiger partial charge in [0.15, 0.2) is 3.95 Å². The van der Waals surface area contributed by atoms with Crippen molar-refractivity contribution in [3.63, 3.8) is 0 Å². The molecule has 2 heterocycles. The molecule has 0 atom stereocenters. The molecule has 118 valence electrons. The molecule has 0 unspecified atom stereocenters. The fourth-order valence-electron chi connectivity index (χ4n) is 2.54. The largest absolute Gasteiger partial charge is 0.393 e. The Labute approximate surface area is 139 Å². The van der Waals surface area contributed by atoms with Gasteiger partial charge in [-0.25, -0.2) is 4.68 Å². The van der Waals surface area contributed by atoms with Crippen molar-refractivity contribution in [1.29, 1.82) is 0 Å². The van der Waals surface area contributed by atoms with Crippen LogP contribution in [0.25, 0.3) is 0 Å². The monoisotopic (exact) mass is 336 g/mol. The summed E-state index contributed by atoms with van der Waals surface area (Å²) in [4.78, 5) is 2.28. The van der Waals surface area contributed by atoms with E-state index in [-0.39, 0.29) is 6.10 Å². The number of anilines is 2. The lowest BCUT2D eigenvalue weighted by Crippen LogP contribution is -2.37. The van der Waals surface area contributed by atoms with Gasteiger partial charge >= 0.3 is 0 Å². The zero-order chi connectivity index (χ0) is 15.5. The molecule has 1 aliphatic rings. The Bertz CT molecular complexity index is 689. The summed E-state index contributed by atoms with van der Waals surface area (Å²) in [6.07, 6.45) is 1.50. The summed E-state index contributed by atoms with van der Waals surface area (Å²) in [7, 11) is 0. The van der Waals surface area contributed by atoms with Crippen LogP contribution in [0.3, 0.4) is 0 Å². The Hall–Kier alpha value is -1.28. The predicted molar refractivity (Wildman–Crippen MR) is 92.2 cm³/mol. The van der Waals surface area contributed by atoms with Gasteiger partial charge in [0.25, 0.3) is 0 Å². The first-order valence-electron chi connectivity index (χ1n) is 7.42. The summed E-state index contributed by atoms with van der Waals surface area (Å²) in [5, 5.41) is 18.2. The molecule has 1 aromatic heterocycles. The number of aliphatic hydroxyl groups is 1. The van der Waals surface area contributed by atoms with Crippen LogP contribution < -0.4 is 5.32 Å². The highest BCUT2D eigenvalue weighted by Gasteiger charge is 2.17. The van der Waals surface area contributed by atoms with Gasteiger partial charge in [0, 0.05) is 18.8 Å². The van der Waals surface area contributed by atoms with Crippen LogP contribution in [0.15, 0.2) is 24.3 Å². The minimum absolute atomic E-state index is 0.154. The number of likely N-dealkylation sites (tertiary alicyclic amines) is 1. The SMILES string of the molecule is Cc1cccc(Nc2nn(CN3CCC(O)CC3)c(=S)s2)c1. The Morgan fingerprint density at radius 3 is 2.91 bits per heavy atom. The second kappa shape index (κ2) is 6.87. The molecule has 3 rings (SSSR count). The van der Waals surface area contributed by atoms with E-state index in [1.165, 1.54) is 16.9 Å². The average Bonchev–Trinajstić information content (AvgIpc) is 2.81. The van der Waals surface area contributed by atoms with E-state index >= 15 is 0 Å². The molecule has 0 radical (unpaired) electrons. The van der Waals surface area contributed by atoms with Crippen molar-refractivity contribution in [3.8, 4) is 0 Å². The Morgan fingerprint density at radius 2 is 2.18 bits per heavy atom. The lowest BCUT2D eigenvalue weighted by molar-refractivity contribution is 0.0653. The normalized spacial score (nSPS) is 16.8. The lowest BCUT2D eigenvalue weighted by Gasteiger charge is -2.28. The maximum absolute atomic E-state index is 9.56. The molecule has 0 amide bonds. The van der Waals surface area contributed by atoms with Crippen LogP contribution in [0.1, 0.15) is 18.4 Å². The van der Waals surface area contributed by atoms with Crippen molar-refractivity contribution in [1.82, 2.24) is 14.7 Å². The zero-order valence-corrected chi connectivity index (χ0v) is 14.2. The first kappa shape index (κ1) is 15.6. The Kier molecular flexibility index (Phi) is 4.87. The molecule has 0 aliphatic carbocycles. The molecule has 1 saturated heterocycles. The second-order valence-corrected chi connectivity index (χ2v) is 7.28. The number of rotatable bonds is 4. The van der Waals surface area contributed by atoms with E-state index in [9.17, 15) is 5.11 Å². The molecule has 0 spiro atoms. The van der Waals surface area contributed by atoms with Gasteiger partial charge in [-0.15, -0.1) is 5.10 Å². The quantitative estimate of drug-likeness (QED) is 0.840. The van der Waals surface area contributed by atoms with Gasteiger partial charge in [-0.05, 0) is 49.7 Å². The van der Waals surface area contributed by atoms with Crippen molar-refractivity contribution in [2.45, 2.75) is 32.5 Å². The molecule has 5 nitrogen and oxygen atoms in total. The van der Waals surface area contributed by atoms with E-state index in [1.54, 1.807) is 0 Å². The molecule has 1 aliphatic heterocycles. The van der Waals surface area contributed by atoms with Gasteiger partial charge < -0.3 is 10.4 Å². The van der Waals surface area contributed by atoms with Crippen molar-refractivity contribution in [2.75, 3.05) is 18.4 Å². The highest BCUT2D eigenvalue weighted by atomic mass is 32.1. The number of piperidine rings is 1. The second-order valence-electron chi connectivity index (χ2n) is 5.66. The lowest BCUT2D eigenvalue weighted by atomic mass is 10.1. The summed E-state index contributed by atoms with van der Waals surface area (Å²) in [5.41, 5.74) is 2.23. The van der Waals surface area contributed by atoms with E-state index in [1.807, 2.05) is 16.8 Å². The van der Waals surface area contributed by atoms with E-state index in [0.29, 0.717) is 6.67 Å². The number of benzene rings is 1. The molecular formula is C15H20N4OS2. The topological polar surface area (TPSA) is 53.3 Å². The number of aryl methyl sites for hydroxylation is 1. The van der Waals surface area contributed by atoms with Crippen molar-refractivity contribution in [2.24, 2.45) is 0 Å². The predicted octanol–water partition coefficient (Wildman–Crippen LogP) is 3.14. The summed E-state index contributed by atoms with van der Waals surface area (Å²) >= 11 is 6.89. The molecule has 2 aromatic rings. The van der Waals surface area contributed by atoms with E-state index in [4.69, 9.17) is 12.2 Å². The van der Waals surface area contributed by atoms with Crippen LogP contribution in [-0.2, 0) is 6.67 Å². The molecule has 0 saturated carbocycles. The molecule has 7 heteroatoms. The highest BCUT2D eigenvalue weighted by Crippen LogP contribution is 2.21. The molecular weight excluding hydrogens is 316 g/mol. The molecule has 1 fully saturated rings. The first-order valence-corrected chi connectivity index (χ1v) is 8.65. The van der Waals surface area contributed by atoms with Gasteiger partial charge in [-0.3, -0.25) is 4.90 Å². The van der Waals surface area contributed by atoms with Gasteiger partial charge in [0.05, 0.1) is 12.8 Å². The van der Waals surface area contributed by atoms with E-state index in [0.717, 1.165) is 40.7 Å². The smallest absolute Gasteiger partial charge is 0.209 e. The summed E-state index contributed by atoms with van der Waals surface area (Å²) in [6.45, 7) is 4.54. The fourth-order valence-corrected chi connectivity index (χ4v) is 3.56. The number of hydrogen-bond donors (Lipinski definition) is 2. The Balaban J connectivity index is 1.67. The average molecular weight is 336 g/mol.